The molecule has 2 heterocycles. The van der Waals surface area contributed by atoms with Crippen LogP contribution in [0.25, 0.3) is 21.8 Å². The van der Waals surface area contributed by atoms with Gasteiger partial charge in [0, 0.05) is 22.1 Å². The van der Waals surface area contributed by atoms with Gasteiger partial charge < -0.3 is 25.5 Å². The van der Waals surface area contributed by atoms with E-state index >= 15 is 0 Å². The summed E-state index contributed by atoms with van der Waals surface area (Å²) in [4.78, 5) is 27.3. The zero-order chi connectivity index (χ0) is 19.3. The molecule has 5 N–H and O–H groups in total. The maximum Gasteiger partial charge on any atom is 0.352 e. The van der Waals surface area contributed by atoms with Gasteiger partial charge in [-0.3, -0.25) is 0 Å². The molecule has 0 aliphatic carbocycles. The van der Waals surface area contributed by atoms with E-state index in [1.165, 1.54) is 24.3 Å². The monoisotopic (exact) mass is 371 g/mol. The second kappa shape index (κ2) is 5.84. The van der Waals surface area contributed by atoms with Gasteiger partial charge in [0.1, 0.15) is 23.0 Å². The molecule has 4 aromatic rings. The van der Waals surface area contributed by atoms with Crippen molar-refractivity contribution < 1.29 is 28.6 Å². The van der Waals surface area contributed by atoms with Crippen molar-refractivity contribution in [3.63, 3.8) is 0 Å². The van der Waals surface area contributed by atoms with Gasteiger partial charge in [-0.2, -0.15) is 0 Å². The smallest absolute Gasteiger partial charge is 0.352 e. The van der Waals surface area contributed by atoms with Crippen molar-refractivity contribution >= 4 is 45.1 Å². The average Bonchev–Trinajstić information content (AvgIpc) is 3.25. The molecular weight excluding hydrogens is 360 g/mol. The Kier molecular flexibility index (Phi) is 3.58. The van der Waals surface area contributed by atoms with E-state index in [4.69, 9.17) is 10.2 Å². The molecule has 9 heteroatoms. The van der Waals surface area contributed by atoms with Gasteiger partial charge in [0.2, 0.25) is 0 Å². The second-order valence-corrected chi connectivity index (χ2v) is 5.87. The summed E-state index contributed by atoms with van der Waals surface area (Å²) in [5.74, 6) is -3.72. The number of rotatable bonds is 4. The molecular formula is C18H11F2N3O4. The summed E-state index contributed by atoms with van der Waals surface area (Å²) >= 11 is 0. The Morgan fingerprint density at radius 1 is 0.778 bits per heavy atom. The number of benzene rings is 2. The fraction of sp³-hybridized carbons (Fsp3) is 0. The first-order chi connectivity index (χ1) is 12.8. The SMILES string of the molecule is O=C(O)c1cc2c(Nc3ccc(F)c4[nH]c(C(=O)O)cc34)ccc(F)c2[nH]1. The van der Waals surface area contributed by atoms with Gasteiger partial charge in [0.05, 0.1) is 11.0 Å². The van der Waals surface area contributed by atoms with Crippen LogP contribution in [-0.2, 0) is 0 Å². The number of carboxylic acids is 2. The first kappa shape index (κ1) is 16.6. The van der Waals surface area contributed by atoms with Gasteiger partial charge in [-0.25, -0.2) is 18.4 Å². The third-order valence-electron chi connectivity index (χ3n) is 4.22. The summed E-state index contributed by atoms with van der Waals surface area (Å²) in [7, 11) is 0. The summed E-state index contributed by atoms with van der Waals surface area (Å²) in [5.41, 5.74) is 0.406. The normalized spacial score (nSPS) is 11.2. The van der Waals surface area contributed by atoms with Crippen LogP contribution in [0.1, 0.15) is 21.0 Å². The van der Waals surface area contributed by atoms with Crippen LogP contribution in [-0.4, -0.2) is 32.1 Å². The predicted molar refractivity (Wildman–Crippen MR) is 93.7 cm³/mol. The molecule has 0 spiro atoms. The van der Waals surface area contributed by atoms with E-state index in [0.29, 0.717) is 22.1 Å². The molecule has 0 aliphatic rings. The van der Waals surface area contributed by atoms with Crippen LogP contribution in [0.5, 0.6) is 0 Å². The zero-order valence-electron chi connectivity index (χ0n) is 13.4. The van der Waals surface area contributed by atoms with Crippen molar-refractivity contribution in [1.29, 1.82) is 0 Å². The van der Waals surface area contributed by atoms with Crippen LogP contribution >= 0.6 is 0 Å². The predicted octanol–water partition coefficient (Wildman–Crippen LogP) is 4.07. The van der Waals surface area contributed by atoms with E-state index in [0.717, 1.165) is 12.1 Å². The van der Waals surface area contributed by atoms with Crippen molar-refractivity contribution in [2.45, 2.75) is 0 Å². The molecule has 0 aliphatic heterocycles. The summed E-state index contributed by atoms with van der Waals surface area (Å²) < 4.78 is 28.0. The molecule has 7 nitrogen and oxygen atoms in total. The molecule has 0 saturated carbocycles. The zero-order valence-corrected chi connectivity index (χ0v) is 13.4. The highest BCUT2D eigenvalue weighted by molar-refractivity contribution is 6.04. The van der Waals surface area contributed by atoms with E-state index in [9.17, 15) is 18.4 Å². The Hall–Kier alpha value is -3.88. The molecule has 27 heavy (non-hydrogen) atoms. The van der Waals surface area contributed by atoms with Gasteiger partial charge >= 0.3 is 11.9 Å². The Balaban J connectivity index is 1.87. The van der Waals surface area contributed by atoms with Gasteiger partial charge in [0.15, 0.2) is 0 Å². The number of halogens is 2. The minimum Gasteiger partial charge on any atom is -0.477 e. The van der Waals surface area contributed by atoms with Crippen LogP contribution in [0.4, 0.5) is 20.2 Å². The molecule has 2 aromatic carbocycles. The number of hydrogen-bond donors (Lipinski definition) is 5. The lowest BCUT2D eigenvalue weighted by Gasteiger charge is -2.10. The van der Waals surface area contributed by atoms with E-state index in [1.807, 2.05) is 0 Å². The molecule has 2 aromatic heterocycles. The van der Waals surface area contributed by atoms with E-state index in [1.54, 1.807) is 0 Å². The molecule has 4 rings (SSSR count). The Morgan fingerprint density at radius 2 is 1.19 bits per heavy atom. The van der Waals surface area contributed by atoms with Crippen molar-refractivity contribution in [2.24, 2.45) is 0 Å². The summed E-state index contributed by atoms with van der Waals surface area (Å²) in [6, 6.07) is 7.71. The number of hydrogen-bond acceptors (Lipinski definition) is 3. The van der Waals surface area contributed by atoms with E-state index in [2.05, 4.69) is 15.3 Å². The Morgan fingerprint density at radius 3 is 1.56 bits per heavy atom. The fourth-order valence-corrected chi connectivity index (χ4v) is 2.96. The largest absolute Gasteiger partial charge is 0.477 e. The van der Waals surface area contributed by atoms with Crippen molar-refractivity contribution in [3.8, 4) is 0 Å². The average molecular weight is 371 g/mol. The van der Waals surface area contributed by atoms with Crippen LogP contribution in [0.15, 0.2) is 36.4 Å². The highest BCUT2D eigenvalue weighted by Crippen LogP contribution is 2.33. The number of aromatic amines is 2. The lowest BCUT2D eigenvalue weighted by Crippen LogP contribution is -1.95. The van der Waals surface area contributed by atoms with Crippen LogP contribution in [0.3, 0.4) is 0 Å². The van der Waals surface area contributed by atoms with E-state index in [-0.39, 0.29) is 22.4 Å². The standard InChI is InChI=1S/C18H11F2N3O4/c19-9-1-3-11(7-5-13(17(24)25)22-15(7)9)21-12-4-2-10(20)16-8(12)6-14(23-16)18(26)27/h1-6,21-23H,(H,24,25)(H,26,27). The molecule has 0 saturated heterocycles. The quantitative estimate of drug-likeness (QED) is 0.371. The molecule has 0 amide bonds. The maximum atomic E-state index is 14.0. The Labute approximate surface area is 149 Å². The van der Waals surface area contributed by atoms with Crippen molar-refractivity contribution in [3.05, 3.63) is 59.4 Å². The third-order valence-corrected chi connectivity index (χ3v) is 4.22. The first-order valence-electron chi connectivity index (χ1n) is 7.71. The molecule has 0 atom stereocenters. The van der Waals surface area contributed by atoms with Crippen LogP contribution in [0, 0.1) is 11.6 Å². The van der Waals surface area contributed by atoms with Gasteiger partial charge in [-0.05, 0) is 36.4 Å². The van der Waals surface area contributed by atoms with Crippen LogP contribution < -0.4 is 5.32 Å². The topological polar surface area (TPSA) is 118 Å². The fourth-order valence-electron chi connectivity index (χ4n) is 2.96. The first-order valence-corrected chi connectivity index (χ1v) is 7.71. The Bertz CT molecular complexity index is 1150. The summed E-state index contributed by atoms with van der Waals surface area (Å²) in [6.45, 7) is 0. The van der Waals surface area contributed by atoms with Crippen molar-refractivity contribution in [2.75, 3.05) is 5.32 Å². The number of anilines is 2. The molecule has 0 bridgehead atoms. The van der Waals surface area contributed by atoms with Crippen molar-refractivity contribution in [1.82, 2.24) is 9.97 Å². The minimum absolute atomic E-state index is 0.0102. The highest BCUT2D eigenvalue weighted by Gasteiger charge is 2.17. The van der Waals surface area contributed by atoms with Gasteiger partial charge in [-0.1, -0.05) is 0 Å². The molecule has 0 fully saturated rings. The lowest BCUT2D eigenvalue weighted by atomic mass is 10.1. The summed E-state index contributed by atoms with van der Waals surface area (Å²) in [5, 5.41) is 21.8. The van der Waals surface area contributed by atoms with Gasteiger partial charge in [-0.15, -0.1) is 0 Å². The summed E-state index contributed by atoms with van der Waals surface area (Å²) in [6.07, 6.45) is 0. The highest BCUT2D eigenvalue weighted by atomic mass is 19.1. The number of carbonyl (C=O) groups is 2. The van der Waals surface area contributed by atoms with Gasteiger partial charge in [0.25, 0.3) is 0 Å². The molecule has 136 valence electrons. The van der Waals surface area contributed by atoms with E-state index < -0.39 is 23.6 Å². The number of carboxylic acid groups (broad SMARTS) is 2. The van der Waals surface area contributed by atoms with Crippen LogP contribution in [0.2, 0.25) is 0 Å². The number of aromatic nitrogens is 2. The molecule has 0 radical (unpaired) electrons. The molecule has 0 unspecified atom stereocenters. The number of H-pyrrole nitrogens is 2. The minimum atomic E-state index is -1.24. The lowest BCUT2D eigenvalue weighted by molar-refractivity contribution is 0.0681. The maximum absolute atomic E-state index is 14.0. The second-order valence-electron chi connectivity index (χ2n) is 5.87. The number of fused-ring (bicyclic) bond motifs is 2. The number of nitrogens with one attached hydrogen (secondary N) is 3. The number of aromatic carboxylic acids is 2. The third kappa shape index (κ3) is 2.65.